The first-order valence-electron chi connectivity index (χ1n) is 16.6. The Bertz CT molecular complexity index is 2250. The molecule has 1 heterocycles. The van der Waals surface area contributed by atoms with Gasteiger partial charge in [0.05, 0.1) is 22.9 Å². The summed E-state index contributed by atoms with van der Waals surface area (Å²) in [5.41, 5.74) is -0.185. The number of carbonyl (C=O) groups excluding carboxylic acids is 4. The first-order chi connectivity index (χ1) is 24.5. The molecule has 6 unspecified atom stereocenters. The van der Waals surface area contributed by atoms with Crippen molar-refractivity contribution in [1.82, 2.24) is 0 Å². The summed E-state index contributed by atoms with van der Waals surface area (Å²) in [5, 5.41) is 31.1. The quantitative estimate of drug-likeness (QED) is 0.172. The summed E-state index contributed by atoms with van der Waals surface area (Å²) >= 11 is 0. The van der Waals surface area contributed by atoms with Crippen LogP contribution in [0.4, 0.5) is 10.1 Å². The van der Waals surface area contributed by atoms with Gasteiger partial charge in [0.2, 0.25) is 11.8 Å². The largest absolute Gasteiger partial charge is 0.507 e. The number of carboxylic acids is 1. The number of carboxylic acid groups (broad SMARTS) is 1. The number of Topliss-reactive ketones (excluding diaryl/α,β-unsaturated/α-hetero) is 1. The number of ketones is 2. The zero-order valence-corrected chi connectivity index (χ0v) is 26.9. The number of imide groups is 1. The maximum absolute atomic E-state index is 15.2. The number of fused-ring (bicyclic) bond motifs is 4. The van der Waals surface area contributed by atoms with Crippen LogP contribution in [0.15, 0.2) is 115 Å². The smallest absolute Gasteiger partial charge is 0.339 e. The van der Waals surface area contributed by atoms with Crippen LogP contribution >= 0.6 is 0 Å². The number of allylic oxidation sites excluding steroid dienone is 4. The van der Waals surface area contributed by atoms with Crippen LogP contribution in [0.3, 0.4) is 0 Å². The van der Waals surface area contributed by atoms with Gasteiger partial charge in [-0.3, -0.25) is 19.2 Å². The number of benzene rings is 4. The number of hydrogen-bond acceptors (Lipinski definition) is 7. The maximum Gasteiger partial charge on any atom is 0.339 e. The number of aromatic hydroxyl groups is 2. The van der Waals surface area contributed by atoms with E-state index < -0.39 is 81.5 Å². The van der Waals surface area contributed by atoms with Crippen molar-refractivity contribution in [3.8, 4) is 11.5 Å². The van der Waals surface area contributed by atoms with Crippen LogP contribution in [0, 0.1) is 29.5 Å². The molecule has 51 heavy (non-hydrogen) atoms. The summed E-state index contributed by atoms with van der Waals surface area (Å²) in [6, 6.07) is 25.0. The predicted molar refractivity (Wildman–Crippen MR) is 182 cm³/mol. The van der Waals surface area contributed by atoms with Crippen LogP contribution in [0.25, 0.3) is 5.57 Å². The molecule has 0 bridgehead atoms. The average molecular weight is 684 g/mol. The number of anilines is 1. The van der Waals surface area contributed by atoms with Crippen LogP contribution in [-0.4, -0.2) is 44.7 Å². The van der Waals surface area contributed by atoms with Gasteiger partial charge in [-0.05, 0) is 54.2 Å². The molecular weight excluding hydrogens is 653 g/mol. The van der Waals surface area contributed by atoms with Crippen molar-refractivity contribution < 1.29 is 43.7 Å². The van der Waals surface area contributed by atoms with E-state index in [1.165, 1.54) is 24.3 Å². The average Bonchev–Trinajstić information content (AvgIpc) is 3.39. The van der Waals surface area contributed by atoms with Gasteiger partial charge in [-0.1, -0.05) is 84.4 Å². The van der Waals surface area contributed by atoms with Crippen molar-refractivity contribution in [1.29, 1.82) is 0 Å². The molecule has 1 aliphatic heterocycles. The second kappa shape index (κ2) is 11.7. The lowest BCUT2D eigenvalue weighted by atomic mass is 9.44. The van der Waals surface area contributed by atoms with E-state index >= 15 is 4.39 Å². The monoisotopic (exact) mass is 683 g/mol. The van der Waals surface area contributed by atoms with Crippen molar-refractivity contribution in [2.75, 3.05) is 4.90 Å². The summed E-state index contributed by atoms with van der Waals surface area (Å²) in [4.78, 5) is 70.8. The molecule has 3 aliphatic carbocycles. The lowest BCUT2D eigenvalue weighted by molar-refractivity contribution is -0.135. The Labute approximate surface area is 291 Å². The van der Waals surface area contributed by atoms with Gasteiger partial charge in [0, 0.05) is 29.0 Å². The zero-order valence-electron chi connectivity index (χ0n) is 26.9. The van der Waals surface area contributed by atoms with Crippen molar-refractivity contribution >= 4 is 40.6 Å². The highest BCUT2D eigenvalue weighted by molar-refractivity contribution is 6.32. The number of rotatable bonds is 5. The van der Waals surface area contributed by atoms with E-state index in [1.807, 2.05) is 0 Å². The number of nitrogens with zero attached hydrogens (tertiary/aromatic N) is 1. The van der Waals surface area contributed by atoms with E-state index in [-0.39, 0.29) is 35.4 Å². The van der Waals surface area contributed by atoms with Gasteiger partial charge in [0.1, 0.15) is 11.3 Å². The summed E-state index contributed by atoms with van der Waals surface area (Å²) in [6.45, 7) is 0. The molecular formula is C41H30FNO8. The normalized spacial score (nSPS) is 26.9. The fourth-order valence-corrected chi connectivity index (χ4v) is 9.08. The highest BCUT2D eigenvalue weighted by Crippen LogP contribution is 2.64. The number of carbonyl (C=O) groups is 5. The van der Waals surface area contributed by atoms with Gasteiger partial charge in [0.25, 0.3) is 0 Å². The molecule has 6 atom stereocenters. The van der Waals surface area contributed by atoms with E-state index in [0.29, 0.717) is 16.7 Å². The molecule has 9 nitrogen and oxygen atoms in total. The van der Waals surface area contributed by atoms with Crippen LogP contribution in [0.2, 0.25) is 0 Å². The molecule has 10 heteroatoms. The Morgan fingerprint density at radius 1 is 0.824 bits per heavy atom. The van der Waals surface area contributed by atoms with Crippen molar-refractivity contribution in [2.24, 2.45) is 23.7 Å². The Balaban J connectivity index is 1.34. The highest BCUT2D eigenvalue weighted by atomic mass is 19.1. The summed E-state index contributed by atoms with van der Waals surface area (Å²) in [6.07, 6.45) is 3.21. The molecule has 1 saturated heterocycles. The zero-order chi connectivity index (χ0) is 35.8. The minimum atomic E-state index is -1.64. The summed E-state index contributed by atoms with van der Waals surface area (Å²) in [5.74, 6) is -10.3. The van der Waals surface area contributed by atoms with Crippen LogP contribution in [0.1, 0.15) is 45.8 Å². The van der Waals surface area contributed by atoms with Crippen LogP contribution < -0.4 is 4.90 Å². The minimum absolute atomic E-state index is 0.000713. The lowest BCUT2D eigenvalue weighted by Gasteiger charge is -2.55. The molecule has 1 saturated carbocycles. The third-order valence-electron chi connectivity index (χ3n) is 11.2. The van der Waals surface area contributed by atoms with Gasteiger partial charge < -0.3 is 15.3 Å². The highest BCUT2D eigenvalue weighted by Gasteiger charge is 2.66. The van der Waals surface area contributed by atoms with Gasteiger partial charge in [-0.2, -0.15) is 0 Å². The fraction of sp³-hybridized carbons (Fsp3) is 0.195. The molecule has 4 aromatic carbocycles. The molecule has 4 aromatic rings. The Morgan fingerprint density at radius 2 is 1.53 bits per heavy atom. The van der Waals surface area contributed by atoms with Crippen molar-refractivity contribution in [3.63, 3.8) is 0 Å². The van der Waals surface area contributed by atoms with E-state index in [2.05, 4.69) is 0 Å². The van der Waals surface area contributed by atoms with E-state index in [4.69, 9.17) is 0 Å². The topological polar surface area (TPSA) is 149 Å². The second-order valence-corrected chi connectivity index (χ2v) is 13.5. The SMILES string of the molecule is O=C(O)c1ccc(N2C(=O)C3CC=C4C(CC5C(=O)C(c6ccccc6)=CC(=O)C5(c5ccccc5)C4c4cccc(F)c4O)C3C2=O)cc1O. The van der Waals surface area contributed by atoms with Gasteiger partial charge in [-0.25, -0.2) is 14.1 Å². The number of amides is 2. The van der Waals surface area contributed by atoms with Gasteiger partial charge >= 0.3 is 5.97 Å². The number of aromatic carboxylic acids is 1. The van der Waals surface area contributed by atoms with Crippen molar-refractivity contribution in [2.45, 2.75) is 24.2 Å². The second-order valence-electron chi connectivity index (χ2n) is 13.5. The summed E-state index contributed by atoms with van der Waals surface area (Å²) < 4.78 is 15.2. The molecule has 254 valence electrons. The summed E-state index contributed by atoms with van der Waals surface area (Å²) in [7, 11) is 0. The predicted octanol–water partition coefficient (Wildman–Crippen LogP) is 5.96. The number of para-hydroxylation sites is 1. The molecule has 0 radical (unpaired) electrons. The molecule has 0 spiro atoms. The Kier molecular flexibility index (Phi) is 7.37. The lowest BCUT2D eigenvalue weighted by Crippen LogP contribution is -2.58. The molecule has 0 aromatic heterocycles. The number of hydrogen-bond donors (Lipinski definition) is 3. The Hall–Kier alpha value is -6.16. The molecule has 2 amide bonds. The fourth-order valence-electron chi connectivity index (χ4n) is 9.08. The third kappa shape index (κ3) is 4.55. The first-order valence-corrected chi connectivity index (χ1v) is 16.6. The van der Waals surface area contributed by atoms with Gasteiger partial charge in [0.15, 0.2) is 23.1 Å². The minimum Gasteiger partial charge on any atom is -0.507 e. The maximum atomic E-state index is 15.2. The van der Waals surface area contributed by atoms with Crippen molar-refractivity contribution in [3.05, 3.63) is 143 Å². The molecule has 8 rings (SSSR count). The number of phenolic OH excluding ortho intramolecular Hbond substituents is 1. The van der Waals surface area contributed by atoms with Crippen LogP contribution in [-0.2, 0) is 24.6 Å². The van der Waals surface area contributed by atoms with Crippen LogP contribution in [0.5, 0.6) is 11.5 Å². The van der Waals surface area contributed by atoms with E-state index in [9.17, 15) is 39.3 Å². The third-order valence-corrected chi connectivity index (χ3v) is 11.2. The Morgan fingerprint density at radius 3 is 2.22 bits per heavy atom. The van der Waals surface area contributed by atoms with E-state index in [1.54, 1.807) is 66.7 Å². The number of phenols is 2. The molecule has 4 aliphatic rings. The standard InChI is InChI=1S/C41H30FNO8/c42-31-13-7-12-27(37(31)47)35-24-16-17-26-34(39(49)43(38(26)48)23-14-15-25(40(50)51)32(44)18-23)29(24)19-30-36(46)28(21-8-3-1-4-9-21)20-33(45)41(30,35)22-10-5-2-6-11-22/h1-16,18,20,26,29-30,34-35,44,47H,17,19H2,(H,50,51). The van der Waals surface area contributed by atoms with Gasteiger partial charge in [-0.15, -0.1) is 0 Å². The molecule has 3 N–H and O–H groups in total. The van der Waals surface area contributed by atoms with E-state index in [0.717, 1.165) is 23.1 Å². The molecule has 2 fully saturated rings. The first kappa shape index (κ1) is 32.1. The number of halogens is 1.